The third-order valence-corrected chi connectivity index (χ3v) is 3.93. The van der Waals surface area contributed by atoms with Gasteiger partial charge in [-0.2, -0.15) is 0 Å². The van der Waals surface area contributed by atoms with E-state index >= 15 is 0 Å². The predicted molar refractivity (Wildman–Crippen MR) is 60.5 cm³/mol. The van der Waals surface area contributed by atoms with Crippen LogP contribution in [0.3, 0.4) is 0 Å². The fourth-order valence-corrected chi connectivity index (χ4v) is 2.75. The van der Waals surface area contributed by atoms with Crippen LogP contribution in [-0.4, -0.2) is 0 Å². The number of allylic oxidation sites excluding steroid dienone is 3. The van der Waals surface area contributed by atoms with Gasteiger partial charge in [-0.15, -0.1) is 11.3 Å². The number of rotatable bonds is 0. The molecule has 0 spiro atoms. The van der Waals surface area contributed by atoms with Gasteiger partial charge < -0.3 is 0 Å². The second kappa shape index (κ2) is 3.32. The standard InChI is InChI=1S/C11H11ClS/c1-7-8(2)13-11-6-4-9(12)3-5-10(7)11/h3-4,6H,5H2,1-2H3. The average Bonchev–Trinajstić information content (AvgIpc) is 2.28. The van der Waals surface area contributed by atoms with Crippen LogP contribution in [0.15, 0.2) is 17.2 Å². The molecule has 0 aliphatic heterocycles. The molecule has 1 aromatic rings. The lowest BCUT2D eigenvalue weighted by Gasteiger charge is -1.96. The van der Waals surface area contributed by atoms with Crippen molar-refractivity contribution in [1.82, 2.24) is 0 Å². The summed E-state index contributed by atoms with van der Waals surface area (Å²) in [4.78, 5) is 2.78. The highest BCUT2D eigenvalue weighted by Crippen LogP contribution is 2.31. The van der Waals surface area contributed by atoms with E-state index in [1.54, 1.807) is 0 Å². The Morgan fingerprint density at radius 2 is 2.08 bits per heavy atom. The maximum atomic E-state index is 5.94. The number of fused-ring (bicyclic) bond motifs is 1. The quantitative estimate of drug-likeness (QED) is 0.606. The third-order valence-electron chi connectivity index (χ3n) is 2.44. The molecule has 0 nitrogen and oxygen atoms in total. The molecule has 13 heavy (non-hydrogen) atoms. The molecule has 0 saturated carbocycles. The molecule has 0 N–H and O–H groups in total. The van der Waals surface area contributed by atoms with Gasteiger partial charge in [0.15, 0.2) is 0 Å². The Balaban J connectivity index is 2.54. The minimum Gasteiger partial charge on any atom is -0.141 e. The van der Waals surface area contributed by atoms with E-state index in [0.29, 0.717) is 0 Å². The van der Waals surface area contributed by atoms with E-state index in [9.17, 15) is 0 Å². The Morgan fingerprint density at radius 3 is 2.85 bits per heavy atom. The highest BCUT2D eigenvalue weighted by molar-refractivity contribution is 7.13. The Bertz CT molecular complexity index is 396. The van der Waals surface area contributed by atoms with Gasteiger partial charge in [-0.25, -0.2) is 0 Å². The Morgan fingerprint density at radius 1 is 1.31 bits per heavy atom. The minimum atomic E-state index is 0.848. The summed E-state index contributed by atoms with van der Waals surface area (Å²) < 4.78 is 0. The molecule has 2 rings (SSSR count). The van der Waals surface area contributed by atoms with Crippen molar-refractivity contribution in [3.8, 4) is 0 Å². The molecule has 0 aromatic carbocycles. The molecule has 1 aliphatic rings. The topological polar surface area (TPSA) is 0 Å². The summed E-state index contributed by atoms with van der Waals surface area (Å²) in [5.74, 6) is 0. The van der Waals surface area contributed by atoms with Crippen LogP contribution in [0.25, 0.3) is 6.08 Å². The first kappa shape index (κ1) is 9.04. The molecule has 0 atom stereocenters. The largest absolute Gasteiger partial charge is 0.141 e. The van der Waals surface area contributed by atoms with Crippen molar-refractivity contribution in [3.05, 3.63) is 38.1 Å². The van der Waals surface area contributed by atoms with Crippen LogP contribution in [0.4, 0.5) is 0 Å². The molecule has 1 aliphatic carbocycles. The van der Waals surface area contributed by atoms with Crippen LogP contribution in [-0.2, 0) is 6.42 Å². The number of thiophene rings is 1. The monoisotopic (exact) mass is 210 g/mol. The van der Waals surface area contributed by atoms with E-state index < -0.39 is 0 Å². The maximum absolute atomic E-state index is 5.94. The Kier molecular flexibility index (Phi) is 2.31. The number of hydrogen-bond donors (Lipinski definition) is 0. The summed E-state index contributed by atoms with van der Waals surface area (Å²) >= 11 is 7.79. The van der Waals surface area contributed by atoms with E-state index in [2.05, 4.69) is 26.0 Å². The van der Waals surface area contributed by atoms with Crippen molar-refractivity contribution in [2.45, 2.75) is 20.3 Å². The molecule has 0 fully saturated rings. The van der Waals surface area contributed by atoms with Gasteiger partial charge in [-0.3, -0.25) is 0 Å². The van der Waals surface area contributed by atoms with Gasteiger partial charge in [0.05, 0.1) is 0 Å². The molecule has 2 heteroatoms. The highest BCUT2D eigenvalue weighted by Gasteiger charge is 2.11. The third kappa shape index (κ3) is 1.59. The van der Waals surface area contributed by atoms with Crippen LogP contribution in [0.2, 0.25) is 0 Å². The van der Waals surface area contributed by atoms with Crippen LogP contribution in [0.1, 0.15) is 20.9 Å². The summed E-state index contributed by atoms with van der Waals surface area (Å²) in [5, 5.41) is 0.848. The van der Waals surface area contributed by atoms with Gasteiger partial charge in [-0.05, 0) is 43.5 Å². The van der Waals surface area contributed by atoms with Gasteiger partial charge in [-0.1, -0.05) is 17.7 Å². The average molecular weight is 211 g/mol. The van der Waals surface area contributed by atoms with Crippen molar-refractivity contribution in [2.24, 2.45) is 0 Å². The molecular weight excluding hydrogens is 200 g/mol. The van der Waals surface area contributed by atoms with E-state index in [1.807, 2.05) is 17.4 Å². The van der Waals surface area contributed by atoms with Gasteiger partial charge in [0.1, 0.15) is 0 Å². The molecule has 0 amide bonds. The molecule has 0 bridgehead atoms. The van der Waals surface area contributed by atoms with Crippen LogP contribution in [0.5, 0.6) is 0 Å². The summed E-state index contributed by atoms with van der Waals surface area (Å²) in [6.45, 7) is 4.36. The number of aryl methyl sites for hydroxylation is 1. The van der Waals surface area contributed by atoms with Crippen LogP contribution < -0.4 is 0 Å². The number of hydrogen-bond acceptors (Lipinski definition) is 1. The summed E-state index contributed by atoms with van der Waals surface area (Å²) in [5.41, 5.74) is 2.86. The zero-order valence-electron chi connectivity index (χ0n) is 7.73. The lowest BCUT2D eigenvalue weighted by atomic mass is 10.1. The number of halogens is 1. The first-order chi connectivity index (χ1) is 6.18. The predicted octanol–water partition coefficient (Wildman–Crippen LogP) is 4.06. The Hall–Kier alpha value is -0.530. The summed E-state index contributed by atoms with van der Waals surface area (Å²) in [6.07, 6.45) is 7.13. The fraction of sp³-hybridized carbons (Fsp3) is 0.273. The van der Waals surface area contributed by atoms with Gasteiger partial charge in [0.2, 0.25) is 0 Å². The zero-order chi connectivity index (χ0) is 9.42. The van der Waals surface area contributed by atoms with Gasteiger partial charge >= 0.3 is 0 Å². The molecule has 68 valence electrons. The minimum absolute atomic E-state index is 0.848. The van der Waals surface area contributed by atoms with E-state index in [1.165, 1.54) is 20.9 Å². The van der Waals surface area contributed by atoms with Gasteiger partial charge in [0.25, 0.3) is 0 Å². The lowest BCUT2D eigenvalue weighted by molar-refractivity contribution is 1.22. The maximum Gasteiger partial charge on any atom is 0.0369 e. The van der Waals surface area contributed by atoms with Crippen LogP contribution >= 0.6 is 22.9 Å². The lowest BCUT2D eigenvalue weighted by Crippen LogP contribution is -1.83. The van der Waals surface area contributed by atoms with Crippen molar-refractivity contribution in [1.29, 1.82) is 0 Å². The molecule has 0 saturated heterocycles. The van der Waals surface area contributed by atoms with E-state index in [0.717, 1.165) is 11.5 Å². The first-order valence-corrected chi connectivity index (χ1v) is 5.50. The van der Waals surface area contributed by atoms with Crippen molar-refractivity contribution in [2.75, 3.05) is 0 Å². The normalized spacial score (nSPS) is 15.2. The van der Waals surface area contributed by atoms with E-state index in [4.69, 9.17) is 11.6 Å². The summed E-state index contributed by atoms with van der Waals surface area (Å²) in [7, 11) is 0. The van der Waals surface area contributed by atoms with E-state index in [-0.39, 0.29) is 0 Å². The summed E-state index contributed by atoms with van der Waals surface area (Å²) in [6, 6.07) is 0. The fourth-order valence-electron chi connectivity index (χ4n) is 1.51. The van der Waals surface area contributed by atoms with Crippen LogP contribution in [0, 0.1) is 13.8 Å². The van der Waals surface area contributed by atoms with Crippen molar-refractivity contribution >= 4 is 29.0 Å². The molecule has 1 aromatic heterocycles. The zero-order valence-corrected chi connectivity index (χ0v) is 9.30. The van der Waals surface area contributed by atoms with Gasteiger partial charge in [0, 0.05) is 14.8 Å². The highest BCUT2D eigenvalue weighted by atomic mass is 35.5. The SMILES string of the molecule is Cc1sc2c(c1C)CC=C(Cl)C=C2. The molecular formula is C11H11ClS. The van der Waals surface area contributed by atoms with Crippen molar-refractivity contribution in [3.63, 3.8) is 0 Å². The van der Waals surface area contributed by atoms with Crippen molar-refractivity contribution < 1.29 is 0 Å². The molecule has 0 unspecified atom stereocenters. The molecule has 1 heterocycles. The second-order valence-corrected chi connectivity index (χ2v) is 4.95. The Labute approximate surface area is 87.5 Å². The molecule has 0 radical (unpaired) electrons. The first-order valence-electron chi connectivity index (χ1n) is 4.31. The second-order valence-electron chi connectivity index (χ2n) is 3.25. The smallest absolute Gasteiger partial charge is 0.0369 e.